The van der Waals surface area contributed by atoms with E-state index in [4.69, 9.17) is 66.3 Å². The topological polar surface area (TPSA) is 149 Å². The molecule has 0 amide bonds. The van der Waals surface area contributed by atoms with Gasteiger partial charge >= 0.3 is 0 Å². The van der Waals surface area contributed by atoms with Crippen molar-refractivity contribution in [1.82, 2.24) is 0 Å². The summed E-state index contributed by atoms with van der Waals surface area (Å²) in [7, 11) is 0. The fourth-order valence-electron chi connectivity index (χ4n) is 15.5. The molecule has 7 aromatic carbocycles. The van der Waals surface area contributed by atoms with Crippen LogP contribution in [0, 0.1) is 35.5 Å². The van der Waals surface area contributed by atoms with Crippen molar-refractivity contribution in [3.63, 3.8) is 0 Å². The molecule has 0 spiro atoms. The Morgan fingerprint density at radius 1 is 0.240 bits per heavy atom. The SMILES string of the molecule is CCCOc1cccc(OCC2(O)CCCCCC2)c1.CCCOc1cccc(OCC2CC2)c1.CCCOc1cccc(OCC2CCC2)c1.CC[C@@H](C)Oc1cccc(OCC2CCCC2)c1.CC[C@@H](C)Oc1cccc(OCC2CCCCC2)c1.CC[C@H](C)Oc1cccc(OCC2CCCC2)c1.CC[C@H](C)Oc1cccc(OCC2CCCCC2)c1. The minimum Gasteiger partial charge on any atom is -0.493 e. The smallest absolute Gasteiger partial charge is 0.123 e. The van der Waals surface area contributed by atoms with E-state index >= 15 is 0 Å². The second-order valence-electron chi connectivity index (χ2n) is 36.1. The standard InChI is InChI=1S/C17H26O3.2C17H26O2.2C16H24O2.C14H20O2.C13H18O2/c1-2-12-19-15-8-7-9-16(13-15)20-14-17(18)10-5-3-4-6-11-17;2*1-3-14(2)19-17-11-7-10-16(12-17)18-13-15-8-5-4-6-9-15;2*1-3-13(2)18-16-10-6-9-15(11-16)17-12-14-7-4-5-8-14;1-2-9-15-13-7-4-8-14(10-13)16-11-12-5-3-6-12;1-2-8-14-12-4-3-5-13(9-12)15-10-11-6-7-11/h7-9,13,18H,2-6,10-12,14H2,1H3;2*7,10-12,14-15H,3-6,8-9,13H2,1-2H3;2*6,9-11,13-14H,3-5,7-8,12H2,1-2H3;4,7-8,10,12H,2-3,5-6,9,11H2,1H3;3-5,9,11H,2,6-8,10H2,1H3/t;2*14-;2*13-;;/m.1010../s1. The van der Waals surface area contributed by atoms with Crippen LogP contribution in [0.4, 0.5) is 0 Å². The van der Waals surface area contributed by atoms with Crippen LogP contribution in [0.2, 0.25) is 0 Å². The molecule has 694 valence electrons. The van der Waals surface area contributed by atoms with Gasteiger partial charge in [-0.05, 0) is 283 Å². The zero-order valence-corrected chi connectivity index (χ0v) is 79.1. The summed E-state index contributed by atoms with van der Waals surface area (Å²) in [5.74, 6) is 17.2. The van der Waals surface area contributed by atoms with E-state index in [9.17, 15) is 5.11 Å². The molecule has 7 saturated carbocycles. The first-order chi connectivity index (χ1) is 61.1. The van der Waals surface area contributed by atoms with Gasteiger partial charge in [-0.3, -0.25) is 0 Å². The second-order valence-corrected chi connectivity index (χ2v) is 36.1. The predicted molar refractivity (Wildman–Crippen MR) is 512 cm³/mol. The van der Waals surface area contributed by atoms with Crippen LogP contribution >= 0.6 is 0 Å². The molecule has 0 aromatic heterocycles. The van der Waals surface area contributed by atoms with Crippen molar-refractivity contribution in [2.45, 2.75) is 337 Å². The monoisotopic (exact) mass is 1730 g/mol. The molecule has 7 aliphatic carbocycles. The molecule has 7 aromatic rings. The first-order valence-electron chi connectivity index (χ1n) is 49.5. The maximum absolute atomic E-state index is 10.6. The first-order valence-corrected chi connectivity index (χ1v) is 49.5. The third-order valence-corrected chi connectivity index (χ3v) is 24.5. The highest BCUT2D eigenvalue weighted by Crippen LogP contribution is 2.36. The number of aliphatic hydroxyl groups is 1. The molecule has 4 atom stereocenters. The van der Waals surface area contributed by atoms with Crippen LogP contribution in [-0.4, -0.2) is 101 Å². The maximum atomic E-state index is 10.6. The number of rotatable bonds is 42. The molecule has 14 rings (SSSR count). The third kappa shape index (κ3) is 44.3. The van der Waals surface area contributed by atoms with Gasteiger partial charge in [0, 0.05) is 42.5 Å². The van der Waals surface area contributed by atoms with Crippen molar-refractivity contribution < 1.29 is 71.4 Å². The Hall–Kier alpha value is -8.30. The fourth-order valence-corrected chi connectivity index (χ4v) is 15.5. The van der Waals surface area contributed by atoms with Gasteiger partial charge in [0.05, 0.1) is 89.5 Å². The molecular weight excluding hydrogens is 1560 g/mol. The minimum absolute atomic E-state index is 0.258. The van der Waals surface area contributed by atoms with Gasteiger partial charge in [-0.1, -0.05) is 187 Å². The molecular formula is C110H164O15. The second kappa shape index (κ2) is 61.2. The lowest BCUT2D eigenvalue weighted by atomic mass is 9.86. The largest absolute Gasteiger partial charge is 0.493 e. The summed E-state index contributed by atoms with van der Waals surface area (Å²) < 4.78 is 80.7. The van der Waals surface area contributed by atoms with Crippen molar-refractivity contribution in [1.29, 1.82) is 0 Å². The van der Waals surface area contributed by atoms with Crippen molar-refractivity contribution in [2.75, 3.05) is 66.1 Å². The molecule has 0 bridgehead atoms. The Morgan fingerprint density at radius 2 is 0.432 bits per heavy atom. The van der Waals surface area contributed by atoms with Gasteiger partial charge in [0.2, 0.25) is 0 Å². The van der Waals surface area contributed by atoms with Gasteiger partial charge in [0.25, 0.3) is 0 Å². The highest BCUT2D eigenvalue weighted by atomic mass is 16.5. The summed E-state index contributed by atoms with van der Waals surface area (Å²) in [6.07, 6.45) is 45.5. The van der Waals surface area contributed by atoms with E-state index in [0.29, 0.717) is 13.2 Å². The van der Waals surface area contributed by atoms with Gasteiger partial charge in [-0.15, -0.1) is 0 Å². The zero-order chi connectivity index (χ0) is 88.6. The van der Waals surface area contributed by atoms with E-state index in [1.54, 1.807) is 0 Å². The molecule has 15 nitrogen and oxygen atoms in total. The highest BCUT2D eigenvalue weighted by molar-refractivity contribution is 5.38. The number of benzene rings is 7. The average Bonchev–Trinajstić information content (AvgIpc) is 1.78. The Balaban J connectivity index is 0.000000181. The van der Waals surface area contributed by atoms with Crippen molar-refractivity contribution >= 4 is 0 Å². The highest BCUT2D eigenvalue weighted by Gasteiger charge is 2.30. The first kappa shape index (κ1) is 102. The molecule has 0 saturated heterocycles. The van der Waals surface area contributed by atoms with Crippen LogP contribution in [0.25, 0.3) is 0 Å². The minimum atomic E-state index is -0.656. The van der Waals surface area contributed by atoms with Crippen LogP contribution < -0.4 is 66.3 Å². The Bertz CT molecular complexity index is 3720. The summed E-state index contributed by atoms with van der Waals surface area (Å²) in [6.45, 7) is 31.0. The Morgan fingerprint density at radius 3 is 0.648 bits per heavy atom. The number of hydrogen-bond donors (Lipinski definition) is 1. The van der Waals surface area contributed by atoms with Crippen LogP contribution in [0.3, 0.4) is 0 Å². The van der Waals surface area contributed by atoms with Crippen molar-refractivity contribution in [3.8, 4) is 80.5 Å². The Labute approximate surface area is 756 Å². The maximum Gasteiger partial charge on any atom is 0.123 e. The van der Waals surface area contributed by atoms with Gasteiger partial charge < -0.3 is 71.4 Å². The molecule has 7 aliphatic rings. The van der Waals surface area contributed by atoms with E-state index in [1.807, 2.05) is 170 Å². The van der Waals surface area contributed by atoms with Crippen LogP contribution in [0.15, 0.2) is 170 Å². The summed E-state index contributed by atoms with van der Waals surface area (Å²) >= 11 is 0. The van der Waals surface area contributed by atoms with Crippen molar-refractivity contribution in [3.05, 3.63) is 170 Å². The van der Waals surface area contributed by atoms with Gasteiger partial charge in [-0.2, -0.15) is 0 Å². The molecule has 15 heteroatoms. The lowest BCUT2D eigenvalue weighted by molar-refractivity contribution is -0.0174. The molecule has 0 aliphatic heterocycles. The molecule has 7 fully saturated rings. The summed E-state index contributed by atoms with van der Waals surface area (Å²) in [4.78, 5) is 0. The quantitative estimate of drug-likeness (QED) is 0.0361. The lowest BCUT2D eigenvalue weighted by Gasteiger charge is -2.26. The summed E-state index contributed by atoms with van der Waals surface area (Å²) in [6, 6.07) is 55.6. The molecule has 1 N–H and O–H groups in total. The average molecular weight is 1730 g/mol. The van der Waals surface area contributed by atoms with Crippen molar-refractivity contribution in [2.24, 2.45) is 35.5 Å². The van der Waals surface area contributed by atoms with Gasteiger partial charge in [0.1, 0.15) is 87.1 Å². The van der Waals surface area contributed by atoms with Gasteiger partial charge in [-0.25, -0.2) is 0 Å². The zero-order valence-electron chi connectivity index (χ0n) is 79.1. The normalized spacial score (nSPS) is 17.3. The number of ether oxygens (including phenoxy) is 14. The van der Waals surface area contributed by atoms with Gasteiger partial charge in [0.15, 0.2) is 0 Å². The molecule has 0 unspecified atom stereocenters. The Kier molecular flexibility index (Phi) is 50.0. The van der Waals surface area contributed by atoms with E-state index in [0.717, 1.165) is 239 Å². The van der Waals surface area contributed by atoms with Crippen LogP contribution in [-0.2, 0) is 0 Å². The van der Waals surface area contributed by atoms with Crippen LogP contribution in [0.5, 0.6) is 80.5 Å². The predicted octanol–water partition coefficient (Wildman–Crippen LogP) is 29.4. The van der Waals surface area contributed by atoms with E-state index < -0.39 is 5.60 Å². The van der Waals surface area contributed by atoms with E-state index in [-0.39, 0.29) is 24.4 Å². The van der Waals surface area contributed by atoms with E-state index in [2.05, 4.69) is 76.2 Å². The summed E-state index contributed by atoms with van der Waals surface area (Å²) in [5.41, 5.74) is -0.656. The molecule has 0 heterocycles. The third-order valence-electron chi connectivity index (χ3n) is 24.5. The van der Waals surface area contributed by atoms with Crippen LogP contribution in [0.1, 0.15) is 307 Å². The van der Waals surface area contributed by atoms with E-state index in [1.165, 1.54) is 161 Å². The lowest BCUT2D eigenvalue weighted by Crippen LogP contribution is -2.35. The summed E-state index contributed by atoms with van der Waals surface area (Å²) in [5, 5.41) is 10.6. The molecule has 125 heavy (non-hydrogen) atoms. The number of hydrogen-bond acceptors (Lipinski definition) is 15. The molecule has 0 radical (unpaired) electrons. The fraction of sp³-hybridized carbons (Fsp3) is 0.618.